The van der Waals surface area contributed by atoms with E-state index in [1.807, 2.05) is 6.07 Å². The van der Waals surface area contributed by atoms with E-state index in [1.54, 1.807) is 44.2 Å². The van der Waals surface area contributed by atoms with Gasteiger partial charge in [-0.05, 0) is 51.8 Å². The number of rotatable bonds is 9. The normalized spacial score (nSPS) is 11.6. The van der Waals surface area contributed by atoms with Crippen LogP contribution >= 0.6 is 15.9 Å². The number of benzene rings is 2. The van der Waals surface area contributed by atoms with Crippen molar-refractivity contribution < 1.29 is 22.7 Å². The standard InChI is InChI=1S/C21H23BrN2O5S/c1-3-24(4-2)30(27,28)17-12-9-16(10-13-17)11-14-21(26)29-15-20(25)23-19-8-6-5-7-18(19)22/h5-14H,3-4,15H2,1-2H3,(H,23,25)/b14-11+. The van der Waals surface area contributed by atoms with Gasteiger partial charge in [-0.25, -0.2) is 13.2 Å². The highest BCUT2D eigenvalue weighted by Crippen LogP contribution is 2.21. The molecule has 160 valence electrons. The summed E-state index contributed by atoms with van der Waals surface area (Å²) >= 11 is 3.31. The number of esters is 1. The predicted molar refractivity (Wildman–Crippen MR) is 119 cm³/mol. The Labute approximate surface area is 184 Å². The summed E-state index contributed by atoms with van der Waals surface area (Å²) < 4.78 is 31.9. The van der Waals surface area contributed by atoms with Gasteiger partial charge in [0.2, 0.25) is 10.0 Å². The summed E-state index contributed by atoms with van der Waals surface area (Å²) in [6.07, 6.45) is 2.67. The lowest BCUT2D eigenvalue weighted by Crippen LogP contribution is -2.30. The fraction of sp³-hybridized carbons (Fsp3) is 0.238. The molecule has 30 heavy (non-hydrogen) atoms. The first-order valence-electron chi connectivity index (χ1n) is 9.27. The molecule has 0 bridgehead atoms. The van der Waals surface area contributed by atoms with Crippen molar-refractivity contribution in [3.63, 3.8) is 0 Å². The zero-order valence-corrected chi connectivity index (χ0v) is 19.1. The Morgan fingerprint density at radius 1 is 1.07 bits per heavy atom. The maximum absolute atomic E-state index is 12.5. The number of nitrogens with zero attached hydrogens (tertiary/aromatic N) is 1. The van der Waals surface area contributed by atoms with Crippen molar-refractivity contribution >= 4 is 49.6 Å². The van der Waals surface area contributed by atoms with Gasteiger partial charge in [-0.1, -0.05) is 38.1 Å². The molecule has 0 atom stereocenters. The lowest BCUT2D eigenvalue weighted by Gasteiger charge is -2.18. The van der Waals surface area contributed by atoms with E-state index >= 15 is 0 Å². The van der Waals surface area contributed by atoms with E-state index in [9.17, 15) is 18.0 Å². The Hall–Kier alpha value is -2.49. The molecule has 0 unspecified atom stereocenters. The van der Waals surface area contributed by atoms with Crippen LogP contribution in [0.5, 0.6) is 0 Å². The predicted octanol–water partition coefficient (Wildman–Crippen LogP) is 3.67. The van der Waals surface area contributed by atoms with Crippen molar-refractivity contribution in [3.8, 4) is 0 Å². The molecule has 0 aliphatic carbocycles. The molecular formula is C21H23BrN2O5S. The zero-order chi connectivity index (χ0) is 22.1. The zero-order valence-electron chi connectivity index (χ0n) is 16.7. The summed E-state index contributed by atoms with van der Waals surface area (Å²) in [6, 6.07) is 13.3. The minimum Gasteiger partial charge on any atom is -0.452 e. The van der Waals surface area contributed by atoms with Crippen LogP contribution in [-0.2, 0) is 24.3 Å². The first kappa shape index (κ1) is 23.8. The molecule has 2 rings (SSSR count). The number of para-hydroxylation sites is 1. The molecule has 0 spiro atoms. The second-order valence-corrected chi connectivity index (χ2v) is 8.92. The highest BCUT2D eigenvalue weighted by Gasteiger charge is 2.20. The minimum absolute atomic E-state index is 0.190. The molecule has 2 aromatic carbocycles. The second kappa shape index (κ2) is 11.1. The maximum Gasteiger partial charge on any atom is 0.331 e. The average molecular weight is 495 g/mol. The number of anilines is 1. The first-order valence-corrected chi connectivity index (χ1v) is 11.5. The topological polar surface area (TPSA) is 92.8 Å². The molecule has 9 heteroatoms. The van der Waals surface area contributed by atoms with Gasteiger partial charge in [0.15, 0.2) is 6.61 Å². The third-order valence-electron chi connectivity index (χ3n) is 4.13. The molecule has 0 aliphatic heterocycles. The van der Waals surface area contributed by atoms with Crippen LogP contribution in [0.4, 0.5) is 5.69 Å². The summed E-state index contributed by atoms with van der Waals surface area (Å²) in [6.45, 7) is 3.92. The van der Waals surface area contributed by atoms with Gasteiger partial charge in [-0.2, -0.15) is 4.31 Å². The molecule has 0 fully saturated rings. The van der Waals surface area contributed by atoms with Crippen molar-refractivity contribution in [3.05, 3.63) is 64.6 Å². The van der Waals surface area contributed by atoms with Crippen LogP contribution in [0.1, 0.15) is 19.4 Å². The number of hydrogen-bond acceptors (Lipinski definition) is 5. The molecule has 0 aromatic heterocycles. The van der Waals surface area contributed by atoms with Crippen LogP contribution < -0.4 is 5.32 Å². The highest BCUT2D eigenvalue weighted by atomic mass is 79.9. The van der Waals surface area contributed by atoms with Crippen molar-refractivity contribution in [2.75, 3.05) is 25.0 Å². The average Bonchev–Trinajstić information content (AvgIpc) is 2.73. The Morgan fingerprint density at radius 2 is 1.70 bits per heavy atom. The SMILES string of the molecule is CCN(CC)S(=O)(=O)c1ccc(/C=C/C(=O)OCC(=O)Nc2ccccc2Br)cc1. The molecule has 0 saturated carbocycles. The van der Waals surface area contributed by atoms with Gasteiger partial charge >= 0.3 is 5.97 Å². The summed E-state index contributed by atoms with van der Waals surface area (Å²) in [5, 5.41) is 2.63. The largest absolute Gasteiger partial charge is 0.452 e. The summed E-state index contributed by atoms with van der Waals surface area (Å²) in [5.74, 6) is -1.15. The van der Waals surface area contributed by atoms with Gasteiger partial charge in [-0.3, -0.25) is 4.79 Å². The lowest BCUT2D eigenvalue weighted by molar-refractivity contribution is -0.142. The molecule has 0 saturated heterocycles. The molecule has 1 N–H and O–H groups in total. The number of ether oxygens (including phenoxy) is 1. The number of amides is 1. The van der Waals surface area contributed by atoms with Gasteiger partial charge in [-0.15, -0.1) is 0 Å². The van der Waals surface area contributed by atoms with Gasteiger partial charge in [0.25, 0.3) is 5.91 Å². The van der Waals surface area contributed by atoms with Crippen molar-refractivity contribution in [1.82, 2.24) is 4.31 Å². The maximum atomic E-state index is 12.5. The highest BCUT2D eigenvalue weighted by molar-refractivity contribution is 9.10. The van der Waals surface area contributed by atoms with Gasteiger partial charge in [0, 0.05) is 23.6 Å². The number of carbonyl (C=O) groups is 2. The summed E-state index contributed by atoms with van der Waals surface area (Å²) in [4.78, 5) is 23.9. The molecule has 0 heterocycles. The first-order chi connectivity index (χ1) is 14.3. The van der Waals surface area contributed by atoms with Crippen molar-refractivity contribution in [1.29, 1.82) is 0 Å². The second-order valence-electron chi connectivity index (χ2n) is 6.13. The van der Waals surface area contributed by atoms with Crippen LogP contribution in [0.3, 0.4) is 0 Å². The fourth-order valence-corrected chi connectivity index (χ4v) is 4.40. The van der Waals surface area contributed by atoms with Gasteiger partial charge < -0.3 is 10.1 Å². The van der Waals surface area contributed by atoms with E-state index in [1.165, 1.54) is 28.6 Å². The van der Waals surface area contributed by atoms with E-state index < -0.39 is 28.5 Å². The summed E-state index contributed by atoms with van der Waals surface area (Å²) in [5.41, 5.74) is 1.21. The van der Waals surface area contributed by atoms with Crippen molar-refractivity contribution in [2.45, 2.75) is 18.7 Å². The van der Waals surface area contributed by atoms with Gasteiger partial charge in [0.1, 0.15) is 0 Å². The van der Waals surface area contributed by atoms with E-state index in [0.717, 1.165) is 4.47 Å². The third-order valence-corrected chi connectivity index (χ3v) is 6.88. The molecule has 1 amide bonds. The van der Waals surface area contributed by atoms with E-state index in [0.29, 0.717) is 24.3 Å². The Kier molecular flexibility index (Phi) is 8.76. The Morgan fingerprint density at radius 3 is 2.30 bits per heavy atom. The number of halogens is 1. The summed E-state index contributed by atoms with van der Waals surface area (Å²) in [7, 11) is -3.53. The molecule has 7 nitrogen and oxygen atoms in total. The fourth-order valence-electron chi connectivity index (χ4n) is 2.56. The van der Waals surface area contributed by atoms with Crippen LogP contribution in [0, 0.1) is 0 Å². The third kappa shape index (κ3) is 6.51. The minimum atomic E-state index is -3.53. The van der Waals surface area contributed by atoms with E-state index in [-0.39, 0.29) is 4.90 Å². The van der Waals surface area contributed by atoms with Crippen LogP contribution in [0.15, 0.2) is 64.0 Å². The van der Waals surface area contributed by atoms with Crippen molar-refractivity contribution in [2.24, 2.45) is 0 Å². The van der Waals surface area contributed by atoms with E-state index in [2.05, 4.69) is 21.2 Å². The van der Waals surface area contributed by atoms with E-state index in [4.69, 9.17) is 4.74 Å². The van der Waals surface area contributed by atoms with Crippen LogP contribution in [-0.4, -0.2) is 44.3 Å². The molecule has 0 aliphatic rings. The van der Waals surface area contributed by atoms with Crippen LogP contribution in [0.25, 0.3) is 6.08 Å². The Bertz CT molecular complexity index is 1020. The monoisotopic (exact) mass is 494 g/mol. The molecule has 0 radical (unpaired) electrons. The number of carbonyl (C=O) groups excluding carboxylic acids is 2. The van der Waals surface area contributed by atoms with Crippen LogP contribution in [0.2, 0.25) is 0 Å². The number of nitrogens with one attached hydrogen (secondary N) is 1. The number of sulfonamides is 1. The molecular weight excluding hydrogens is 472 g/mol. The molecule has 2 aromatic rings. The lowest BCUT2D eigenvalue weighted by atomic mass is 10.2. The Balaban J connectivity index is 1.90. The number of hydrogen-bond donors (Lipinski definition) is 1. The van der Waals surface area contributed by atoms with Gasteiger partial charge in [0.05, 0.1) is 10.6 Å². The smallest absolute Gasteiger partial charge is 0.331 e. The quantitative estimate of drug-likeness (QED) is 0.423.